The number of esters is 2. The third-order valence-corrected chi connectivity index (χ3v) is 12.5. The van der Waals surface area contributed by atoms with Crippen LogP contribution >= 0.6 is 27.3 Å². The van der Waals surface area contributed by atoms with Gasteiger partial charge in [-0.25, -0.2) is 4.79 Å². The van der Waals surface area contributed by atoms with Crippen LogP contribution in [0.3, 0.4) is 0 Å². The van der Waals surface area contributed by atoms with Crippen LogP contribution < -0.4 is 5.32 Å². The van der Waals surface area contributed by atoms with E-state index in [0.29, 0.717) is 6.42 Å². The van der Waals surface area contributed by atoms with Crippen LogP contribution in [0.5, 0.6) is 0 Å². The highest BCUT2D eigenvalue weighted by molar-refractivity contribution is 9.11. The van der Waals surface area contributed by atoms with Gasteiger partial charge in [0.15, 0.2) is 23.8 Å². The fraction of sp³-hybridized carbons (Fsp3) is 0.718. The highest BCUT2D eigenvalue weighted by Gasteiger charge is 2.57. The van der Waals surface area contributed by atoms with E-state index in [1.165, 1.54) is 25.2 Å². The molecule has 13 nitrogen and oxygen atoms in total. The number of rotatable bonds is 7. The molecule has 4 heterocycles. The third kappa shape index (κ3) is 9.73. The first-order chi connectivity index (χ1) is 25.2. The van der Waals surface area contributed by atoms with Crippen LogP contribution in [-0.2, 0) is 47.6 Å². The molecule has 1 N–H and O–H groups in total. The summed E-state index contributed by atoms with van der Waals surface area (Å²) < 4.78 is 38.3. The molecule has 13 atom stereocenters. The highest BCUT2D eigenvalue weighted by atomic mass is 79.9. The van der Waals surface area contributed by atoms with E-state index in [2.05, 4.69) is 33.1 Å². The SMILES string of the molecule is CC[C@H]1OC(=O)[C@H](C)C(=O)[C@H](C)[C@@H](O[C@@H]2O[C@H](C)C[C@H](N(C)C)[C@H]2OC(C)=O)[C@@](C)(OCC#Cc2ccc(Br)s2)C[C@@H](C)C(=O)[C@H](C)[C@H]2NC(=O)O[C@@]21C. The van der Waals surface area contributed by atoms with E-state index < -0.39 is 89.3 Å². The van der Waals surface area contributed by atoms with Crippen molar-refractivity contribution in [2.45, 2.75) is 136 Å². The number of Topliss-reactive ketones (excluding diaryl/α,β-unsaturated/α-hetero) is 2. The molecule has 0 saturated carbocycles. The molecular weight excluding hydrogens is 784 g/mol. The Morgan fingerprint density at radius 2 is 1.76 bits per heavy atom. The van der Waals surface area contributed by atoms with Gasteiger partial charge in [0.2, 0.25) is 0 Å². The summed E-state index contributed by atoms with van der Waals surface area (Å²) in [5, 5.41) is 2.79. The number of halogens is 1. The number of carbonyl (C=O) groups is 5. The van der Waals surface area contributed by atoms with Crippen LogP contribution in [0, 0.1) is 35.5 Å². The molecule has 0 radical (unpaired) electrons. The number of alkyl carbamates (subject to hydrolysis) is 1. The molecule has 4 rings (SSSR count). The Hall–Kier alpha value is -2.87. The minimum atomic E-state index is -1.41. The fourth-order valence-corrected chi connectivity index (χ4v) is 9.40. The van der Waals surface area contributed by atoms with Crippen molar-refractivity contribution in [3.63, 3.8) is 0 Å². The molecule has 0 bridgehead atoms. The van der Waals surface area contributed by atoms with Gasteiger partial charge in [-0.15, -0.1) is 11.3 Å². The lowest BCUT2D eigenvalue weighted by molar-refractivity contribution is -0.299. The van der Waals surface area contributed by atoms with Crippen molar-refractivity contribution in [1.29, 1.82) is 0 Å². The van der Waals surface area contributed by atoms with E-state index in [9.17, 15) is 24.0 Å². The van der Waals surface area contributed by atoms with Gasteiger partial charge in [0.05, 0.1) is 38.6 Å². The van der Waals surface area contributed by atoms with Crippen LogP contribution in [0.2, 0.25) is 0 Å². The second kappa shape index (κ2) is 17.9. The molecule has 0 unspecified atom stereocenters. The van der Waals surface area contributed by atoms with Crippen molar-refractivity contribution >= 4 is 56.9 Å². The van der Waals surface area contributed by atoms with E-state index in [1.54, 1.807) is 41.5 Å². The maximum absolute atomic E-state index is 14.5. The lowest BCUT2D eigenvalue weighted by Crippen LogP contribution is -2.61. The zero-order chi connectivity index (χ0) is 40.3. The molecule has 1 aromatic rings. The number of likely N-dealkylation sites (N-methyl/N-ethyl adjacent to an activating group) is 1. The van der Waals surface area contributed by atoms with Crippen LogP contribution in [0.4, 0.5) is 4.79 Å². The van der Waals surface area contributed by atoms with Gasteiger partial charge < -0.3 is 38.6 Å². The van der Waals surface area contributed by atoms with Crippen molar-refractivity contribution < 1.29 is 52.4 Å². The average Bonchev–Trinajstić information content (AvgIpc) is 3.66. The predicted octanol–water partition coefficient (Wildman–Crippen LogP) is 5.29. The van der Waals surface area contributed by atoms with E-state index in [4.69, 9.17) is 28.4 Å². The molecule has 3 saturated heterocycles. The first kappa shape index (κ1) is 43.9. The van der Waals surface area contributed by atoms with Gasteiger partial charge in [0.1, 0.15) is 24.4 Å². The Morgan fingerprint density at radius 3 is 2.35 bits per heavy atom. The number of nitrogens with one attached hydrogen (secondary N) is 1. The molecule has 3 aliphatic rings. The van der Waals surface area contributed by atoms with Crippen molar-refractivity contribution in [1.82, 2.24) is 10.2 Å². The molecule has 15 heteroatoms. The number of hydrogen-bond donors (Lipinski definition) is 1. The number of ketones is 2. The average molecular weight is 840 g/mol. The van der Waals surface area contributed by atoms with Gasteiger partial charge in [-0.05, 0) is 89.1 Å². The Labute approximate surface area is 330 Å². The van der Waals surface area contributed by atoms with Crippen molar-refractivity contribution in [2.24, 2.45) is 23.7 Å². The lowest BCUT2D eigenvalue weighted by atomic mass is 9.73. The minimum absolute atomic E-state index is 0.0522. The Balaban J connectivity index is 1.85. The molecule has 0 aliphatic carbocycles. The van der Waals surface area contributed by atoms with E-state index in [1.807, 2.05) is 38.1 Å². The number of amides is 1. The smallest absolute Gasteiger partial charge is 0.408 e. The Kier molecular flexibility index (Phi) is 14.6. The normalized spacial score (nSPS) is 38.0. The van der Waals surface area contributed by atoms with Gasteiger partial charge in [0.25, 0.3) is 0 Å². The van der Waals surface area contributed by atoms with E-state index >= 15 is 0 Å². The number of cyclic esters (lactones) is 1. The quantitative estimate of drug-likeness (QED) is 0.164. The summed E-state index contributed by atoms with van der Waals surface area (Å²) in [6.45, 7) is 14.9. The summed E-state index contributed by atoms with van der Waals surface area (Å²) in [7, 11) is 3.74. The topological polar surface area (TPSA) is 156 Å². The Morgan fingerprint density at radius 1 is 1.07 bits per heavy atom. The number of ether oxygens (including phenoxy) is 6. The summed E-state index contributed by atoms with van der Waals surface area (Å²) >= 11 is 4.92. The summed E-state index contributed by atoms with van der Waals surface area (Å²) in [6, 6.07) is 2.63. The van der Waals surface area contributed by atoms with Crippen LogP contribution in [0.1, 0.15) is 86.5 Å². The molecule has 1 amide bonds. The van der Waals surface area contributed by atoms with E-state index in [0.717, 1.165) is 8.66 Å². The zero-order valence-electron chi connectivity index (χ0n) is 33.1. The van der Waals surface area contributed by atoms with Gasteiger partial charge in [-0.2, -0.15) is 0 Å². The first-order valence-corrected chi connectivity index (χ1v) is 20.1. The largest absolute Gasteiger partial charge is 0.458 e. The number of thiophene rings is 1. The van der Waals surface area contributed by atoms with Crippen LogP contribution in [0.15, 0.2) is 15.9 Å². The van der Waals surface area contributed by atoms with E-state index in [-0.39, 0.29) is 37.4 Å². The second-order valence-electron chi connectivity index (χ2n) is 15.5. The third-order valence-electron chi connectivity index (χ3n) is 11.0. The summed E-state index contributed by atoms with van der Waals surface area (Å²) in [6.07, 6.45) is -4.35. The molecule has 300 valence electrons. The first-order valence-electron chi connectivity index (χ1n) is 18.5. The summed E-state index contributed by atoms with van der Waals surface area (Å²) in [5.41, 5.74) is -2.80. The maximum Gasteiger partial charge on any atom is 0.408 e. The fourth-order valence-electron chi connectivity index (χ4n) is 8.13. The molecular formula is C39H55BrN2O11S. The molecule has 3 fully saturated rings. The van der Waals surface area contributed by atoms with Gasteiger partial charge >= 0.3 is 18.0 Å². The van der Waals surface area contributed by atoms with Crippen LogP contribution in [0.25, 0.3) is 0 Å². The van der Waals surface area contributed by atoms with Crippen LogP contribution in [-0.4, -0.2) is 109 Å². The number of fused-ring (bicyclic) bond motifs is 1. The second-order valence-corrected chi connectivity index (χ2v) is 17.9. The number of nitrogens with zero attached hydrogens (tertiary/aromatic N) is 1. The molecule has 54 heavy (non-hydrogen) atoms. The monoisotopic (exact) mass is 838 g/mol. The van der Waals surface area contributed by atoms with Gasteiger partial charge in [0, 0.05) is 24.7 Å². The number of hydrogen-bond acceptors (Lipinski definition) is 13. The number of carbonyl (C=O) groups excluding carboxylic acids is 5. The standard InChI is InChI=1S/C39H55BrN2O11S/c1-12-28-39(9)33(41-37(47)53-39)22(4)30(44)20(2)19-38(8,48-17-13-14-26-15-16-29(40)54-26)34(23(5)31(45)24(6)35(46)51-28)52-36-32(50-25(7)43)27(42(10)11)18-21(3)49-36/h15-16,20-24,27-28,32-34,36H,12,17-19H2,1-11H3,(H,41,47)/t20-,21-,22+,23+,24-,27+,28-,32-,33-,34-,36+,38+,39-/m1/s1. The zero-order valence-corrected chi connectivity index (χ0v) is 35.5. The van der Waals surface area contributed by atoms with Crippen molar-refractivity contribution in [2.75, 3.05) is 20.7 Å². The summed E-state index contributed by atoms with van der Waals surface area (Å²) in [5.74, 6) is 0.311. The van der Waals surface area contributed by atoms with Crippen molar-refractivity contribution in [3.05, 3.63) is 20.8 Å². The minimum Gasteiger partial charge on any atom is -0.458 e. The molecule has 0 aromatic carbocycles. The van der Waals surface area contributed by atoms with Gasteiger partial charge in [-0.3, -0.25) is 19.2 Å². The highest BCUT2D eigenvalue weighted by Crippen LogP contribution is 2.40. The predicted molar refractivity (Wildman–Crippen MR) is 203 cm³/mol. The maximum atomic E-state index is 14.5. The van der Waals surface area contributed by atoms with Gasteiger partial charge in [-0.1, -0.05) is 39.5 Å². The lowest BCUT2D eigenvalue weighted by Gasteiger charge is -2.47. The van der Waals surface area contributed by atoms with Crippen molar-refractivity contribution in [3.8, 4) is 11.8 Å². The molecule has 0 spiro atoms. The summed E-state index contributed by atoms with van der Waals surface area (Å²) in [4.78, 5) is 70.6. The molecule has 3 aliphatic heterocycles. The molecule has 1 aromatic heterocycles. The Bertz CT molecular complexity index is 1620.